The highest BCUT2D eigenvalue weighted by Gasteiger charge is 2.29. The number of ether oxygens (including phenoxy) is 1. The Kier molecular flexibility index (Phi) is 6.86. The smallest absolute Gasteiger partial charge is 0.370 e. The Balaban J connectivity index is 1.76. The van der Waals surface area contributed by atoms with Crippen molar-refractivity contribution in [2.24, 2.45) is 0 Å². The van der Waals surface area contributed by atoms with Gasteiger partial charge in [0.15, 0.2) is 12.1 Å². The molecule has 0 atom stereocenters. The summed E-state index contributed by atoms with van der Waals surface area (Å²) < 4.78 is 43.4. The molecule has 0 amide bonds. The summed E-state index contributed by atoms with van der Waals surface area (Å²) in [7, 11) is 1.87. The number of pyridine rings is 1. The van der Waals surface area contributed by atoms with Crippen LogP contribution in [0.15, 0.2) is 18.3 Å². The summed E-state index contributed by atoms with van der Waals surface area (Å²) in [4.78, 5) is 15.4. The van der Waals surface area contributed by atoms with Crippen molar-refractivity contribution in [1.29, 1.82) is 0 Å². The standard InChI is InChI=1S/C21H26F3N7O3/c1-12-6-7-25-14(10-12)26-18-17-15(27-20(28-18)30(2)13-4-3-5-13)16(19(32)33)29-31(17)8-9-34-11-21(22,23)24/h6-7,10,13,19,32-33H,3-5,8-9,11H2,1-2H3,(H,25,26,27,28). The zero-order chi connectivity index (χ0) is 24.5. The molecule has 3 heterocycles. The van der Waals surface area contributed by atoms with Crippen LogP contribution >= 0.6 is 0 Å². The molecule has 184 valence electrons. The van der Waals surface area contributed by atoms with E-state index in [0.29, 0.717) is 23.1 Å². The van der Waals surface area contributed by atoms with E-state index in [1.165, 1.54) is 4.68 Å². The number of nitrogens with zero attached hydrogens (tertiary/aromatic N) is 6. The zero-order valence-electron chi connectivity index (χ0n) is 18.7. The predicted molar refractivity (Wildman–Crippen MR) is 118 cm³/mol. The van der Waals surface area contributed by atoms with Gasteiger partial charge in [-0.15, -0.1) is 0 Å². The van der Waals surface area contributed by atoms with Crippen LogP contribution in [0.1, 0.15) is 36.8 Å². The highest BCUT2D eigenvalue weighted by atomic mass is 19.4. The third-order valence-electron chi connectivity index (χ3n) is 5.66. The largest absolute Gasteiger partial charge is 0.411 e. The number of hydrogen-bond donors (Lipinski definition) is 3. The fourth-order valence-electron chi connectivity index (χ4n) is 3.68. The highest BCUT2D eigenvalue weighted by molar-refractivity contribution is 5.90. The van der Waals surface area contributed by atoms with Gasteiger partial charge in [0, 0.05) is 19.3 Å². The fourth-order valence-corrected chi connectivity index (χ4v) is 3.68. The van der Waals surface area contributed by atoms with Crippen molar-refractivity contribution in [2.75, 3.05) is 30.5 Å². The molecular formula is C21H26F3N7O3. The molecule has 1 fully saturated rings. The molecule has 0 aromatic carbocycles. The first kappa shape index (κ1) is 24.1. The maximum absolute atomic E-state index is 12.4. The quantitative estimate of drug-likeness (QED) is 0.313. The summed E-state index contributed by atoms with van der Waals surface area (Å²) in [5, 5.41) is 27.2. The van der Waals surface area contributed by atoms with Gasteiger partial charge in [0.05, 0.1) is 13.2 Å². The van der Waals surface area contributed by atoms with E-state index in [0.717, 1.165) is 24.8 Å². The van der Waals surface area contributed by atoms with E-state index >= 15 is 0 Å². The van der Waals surface area contributed by atoms with Crippen LogP contribution in [0.4, 0.5) is 30.8 Å². The number of aliphatic hydroxyl groups excluding tert-OH is 1. The maximum Gasteiger partial charge on any atom is 0.411 e. The SMILES string of the molecule is Cc1ccnc(Nc2nc(N(C)C3CCC3)nc3c(C(O)O)nn(CCOCC(F)(F)F)c23)c1. The number of nitrogens with one attached hydrogen (secondary N) is 1. The van der Waals surface area contributed by atoms with Gasteiger partial charge >= 0.3 is 6.18 Å². The normalized spacial score (nSPS) is 14.6. The Bertz CT molecular complexity index is 1150. The number of anilines is 3. The Morgan fingerprint density at radius 1 is 1.29 bits per heavy atom. The first-order valence-corrected chi connectivity index (χ1v) is 10.8. The molecule has 1 aliphatic carbocycles. The summed E-state index contributed by atoms with van der Waals surface area (Å²) in [5.41, 5.74) is 1.30. The number of aromatic nitrogens is 5. The molecule has 3 N–H and O–H groups in total. The Hall–Kier alpha value is -3.03. The van der Waals surface area contributed by atoms with E-state index in [1.807, 2.05) is 24.9 Å². The lowest BCUT2D eigenvalue weighted by molar-refractivity contribution is -0.174. The van der Waals surface area contributed by atoms with E-state index in [-0.39, 0.29) is 30.4 Å². The molecule has 0 spiro atoms. The van der Waals surface area contributed by atoms with Gasteiger partial charge in [0.1, 0.15) is 29.2 Å². The Morgan fingerprint density at radius 2 is 2.06 bits per heavy atom. The second-order valence-electron chi connectivity index (χ2n) is 8.26. The molecule has 34 heavy (non-hydrogen) atoms. The second kappa shape index (κ2) is 9.68. The minimum Gasteiger partial charge on any atom is -0.370 e. The van der Waals surface area contributed by atoms with Gasteiger partial charge in [-0.05, 0) is 43.9 Å². The van der Waals surface area contributed by atoms with Crippen molar-refractivity contribution in [3.8, 4) is 0 Å². The van der Waals surface area contributed by atoms with E-state index in [2.05, 4.69) is 25.4 Å². The van der Waals surface area contributed by atoms with Crippen molar-refractivity contribution in [2.45, 2.75) is 51.2 Å². The topological polar surface area (TPSA) is 121 Å². The van der Waals surface area contributed by atoms with Gasteiger partial charge in [-0.2, -0.15) is 23.3 Å². The Labute approximate surface area is 193 Å². The van der Waals surface area contributed by atoms with Crippen LogP contribution in [0.25, 0.3) is 11.0 Å². The van der Waals surface area contributed by atoms with Crippen LogP contribution < -0.4 is 10.2 Å². The molecule has 0 aliphatic heterocycles. The van der Waals surface area contributed by atoms with Crippen LogP contribution in [0.3, 0.4) is 0 Å². The molecule has 3 aromatic rings. The monoisotopic (exact) mass is 481 g/mol. The number of fused-ring (bicyclic) bond motifs is 1. The molecule has 0 radical (unpaired) electrons. The Morgan fingerprint density at radius 3 is 2.68 bits per heavy atom. The lowest BCUT2D eigenvalue weighted by Crippen LogP contribution is -2.38. The second-order valence-corrected chi connectivity index (χ2v) is 8.26. The number of rotatable bonds is 9. The number of aryl methyl sites for hydroxylation is 1. The van der Waals surface area contributed by atoms with Crippen molar-refractivity contribution in [3.05, 3.63) is 29.6 Å². The van der Waals surface area contributed by atoms with E-state index in [1.54, 1.807) is 12.3 Å². The van der Waals surface area contributed by atoms with Gasteiger partial charge in [-0.1, -0.05) is 0 Å². The molecule has 1 saturated carbocycles. The molecule has 1 aliphatic rings. The molecule has 10 nitrogen and oxygen atoms in total. The average molecular weight is 481 g/mol. The molecule has 3 aromatic heterocycles. The molecule has 13 heteroatoms. The van der Waals surface area contributed by atoms with Crippen LogP contribution in [-0.4, -0.2) is 67.4 Å². The van der Waals surface area contributed by atoms with Gasteiger partial charge in [-0.3, -0.25) is 4.68 Å². The third-order valence-corrected chi connectivity index (χ3v) is 5.66. The summed E-state index contributed by atoms with van der Waals surface area (Å²) in [6.07, 6.45) is -1.68. The highest BCUT2D eigenvalue weighted by Crippen LogP contribution is 2.33. The maximum atomic E-state index is 12.4. The molecule has 0 saturated heterocycles. The van der Waals surface area contributed by atoms with Gasteiger partial charge in [-0.25, -0.2) is 9.97 Å². The molecule has 4 rings (SSSR count). The van der Waals surface area contributed by atoms with Gasteiger partial charge in [0.2, 0.25) is 5.95 Å². The first-order valence-electron chi connectivity index (χ1n) is 10.8. The van der Waals surface area contributed by atoms with Crippen LogP contribution in [-0.2, 0) is 11.3 Å². The summed E-state index contributed by atoms with van der Waals surface area (Å²) in [6, 6.07) is 3.90. The van der Waals surface area contributed by atoms with E-state index < -0.39 is 19.1 Å². The minimum atomic E-state index is -4.45. The van der Waals surface area contributed by atoms with Crippen LogP contribution in [0.2, 0.25) is 0 Å². The van der Waals surface area contributed by atoms with Gasteiger partial charge in [0.25, 0.3) is 0 Å². The van der Waals surface area contributed by atoms with Crippen molar-refractivity contribution in [3.63, 3.8) is 0 Å². The summed E-state index contributed by atoms with van der Waals surface area (Å²) >= 11 is 0. The van der Waals surface area contributed by atoms with Crippen molar-refractivity contribution in [1.82, 2.24) is 24.7 Å². The number of aliphatic hydroxyl groups is 2. The van der Waals surface area contributed by atoms with Crippen molar-refractivity contribution < 1.29 is 28.1 Å². The number of hydrogen-bond acceptors (Lipinski definition) is 9. The minimum absolute atomic E-state index is 0.0869. The molecule has 0 unspecified atom stereocenters. The summed E-state index contributed by atoms with van der Waals surface area (Å²) in [6.45, 7) is 0.118. The average Bonchev–Trinajstić information content (AvgIpc) is 3.08. The van der Waals surface area contributed by atoms with Crippen LogP contribution in [0, 0.1) is 6.92 Å². The fraction of sp³-hybridized carbons (Fsp3) is 0.524. The van der Waals surface area contributed by atoms with E-state index in [9.17, 15) is 23.4 Å². The molecule has 0 bridgehead atoms. The third kappa shape index (κ3) is 5.37. The first-order chi connectivity index (χ1) is 16.1. The summed E-state index contributed by atoms with van der Waals surface area (Å²) in [5.74, 6) is 1.14. The lowest BCUT2D eigenvalue weighted by Gasteiger charge is -2.34. The van der Waals surface area contributed by atoms with Crippen LogP contribution in [0.5, 0.6) is 0 Å². The van der Waals surface area contributed by atoms with Crippen molar-refractivity contribution >= 4 is 28.6 Å². The molecular weight excluding hydrogens is 455 g/mol. The predicted octanol–water partition coefficient (Wildman–Crippen LogP) is 2.82. The van der Waals surface area contributed by atoms with Gasteiger partial charge < -0.3 is 25.2 Å². The van der Waals surface area contributed by atoms with E-state index in [4.69, 9.17) is 4.74 Å². The zero-order valence-corrected chi connectivity index (χ0v) is 18.7. The number of alkyl halides is 3. The number of halogens is 3. The lowest BCUT2D eigenvalue weighted by atomic mass is 9.92.